The molecule has 54 heavy (non-hydrogen) atoms. The van der Waals surface area contributed by atoms with Gasteiger partial charge in [0.25, 0.3) is 0 Å². The van der Waals surface area contributed by atoms with Gasteiger partial charge in [-0.3, -0.25) is 9.05 Å². The first-order valence-electron chi connectivity index (χ1n) is 21.4. The van der Waals surface area contributed by atoms with Crippen LogP contribution in [0, 0.1) is 40.4 Å². The van der Waals surface area contributed by atoms with Gasteiger partial charge < -0.3 is 19.9 Å². The van der Waals surface area contributed by atoms with Gasteiger partial charge in [-0.05, 0) is 104 Å². The second-order valence-corrected chi connectivity index (χ2v) is 19.5. The summed E-state index contributed by atoms with van der Waals surface area (Å²) >= 11 is 0. The van der Waals surface area contributed by atoms with Gasteiger partial charge in [0.1, 0.15) is 11.3 Å². The number of phosphoric acid groups is 1. The number of allylic oxidation sites excluding steroid dienone is 1. The number of imidazole rings is 1. The number of benzene rings is 1. The van der Waals surface area contributed by atoms with Crippen LogP contribution in [0.5, 0.6) is 0 Å². The van der Waals surface area contributed by atoms with E-state index in [1.54, 1.807) is 5.57 Å². The Morgan fingerprint density at radius 1 is 1.00 bits per heavy atom. The predicted molar refractivity (Wildman–Crippen MR) is 218 cm³/mol. The summed E-state index contributed by atoms with van der Waals surface area (Å²) in [4.78, 5) is 20.0. The third-order valence-corrected chi connectivity index (χ3v) is 15.6. The number of ether oxygens (including phenoxy) is 1. The number of hydrogen-bond donors (Lipinski definition) is 2. The van der Waals surface area contributed by atoms with E-state index >= 15 is 0 Å². The number of fused-ring (bicyclic) bond motifs is 8. The molecule has 3 fully saturated rings. The summed E-state index contributed by atoms with van der Waals surface area (Å²) in [5.41, 5.74) is 11.1. The van der Waals surface area contributed by atoms with Crippen molar-refractivity contribution in [3.8, 4) is 0 Å². The van der Waals surface area contributed by atoms with E-state index in [1.807, 2.05) is 24.3 Å². The van der Waals surface area contributed by atoms with Crippen molar-refractivity contribution in [1.82, 2.24) is 14.5 Å². The molecule has 0 spiro atoms. The Hall–Kier alpha value is -2.29. The second kappa shape index (κ2) is 16.7. The van der Waals surface area contributed by atoms with Gasteiger partial charge in [0.2, 0.25) is 0 Å². The third kappa shape index (κ3) is 7.96. The number of hydrogen-bond acceptors (Lipinski definition) is 7. The first kappa shape index (κ1) is 39.9. The van der Waals surface area contributed by atoms with Crippen LogP contribution in [0.15, 0.2) is 35.9 Å². The third-order valence-electron chi connectivity index (χ3n) is 14.6. The zero-order chi connectivity index (χ0) is 38.1. The van der Waals surface area contributed by atoms with Crippen LogP contribution < -0.4 is 5.73 Å². The van der Waals surface area contributed by atoms with Crippen LogP contribution in [0.1, 0.15) is 130 Å². The summed E-state index contributed by atoms with van der Waals surface area (Å²) < 4.78 is 32.2. The number of nitrogens with zero attached hydrogens (tertiary/aromatic N) is 3. The molecule has 2 aromatic heterocycles. The van der Waals surface area contributed by atoms with Crippen LogP contribution in [0.2, 0.25) is 0 Å². The number of rotatable bonds is 17. The summed E-state index contributed by atoms with van der Waals surface area (Å²) in [6.45, 7) is 12.6. The molecule has 3 saturated carbocycles. The molecule has 2 unspecified atom stereocenters. The van der Waals surface area contributed by atoms with Crippen LogP contribution in [-0.4, -0.2) is 45.4 Å². The number of aryl methyl sites for hydroxylation is 1. The number of phosphoric ester groups is 1. The minimum atomic E-state index is -4.28. The fraction of sp³-hybridized carbons (Fsp3) is 0.727. The lowest BCUT2D eigenvalue weighted by molar-refractivity contribution is -0.0737. The highest BCUT2D eigenvalue weighted by atomic mass is 31.2. The van der Waals surface area contributed by atoms with Crippen molar-refractivity contribution in [3.63, 3.8) is 0 Å². The number of nitrogen functional groups attached to an aromatic ring is 1. The van der Waals surface area contributed by atoms with Crippen molar-refractivity contribution in [2.24, 2.45) is 40.4 Å². The van der Waals surface area contributed by atoms with Crippen molar-refractivity contribution in [1.29, 1.82) is 0 Å². The molecule has 7 rings (SSSR count). The van der Waals surface area contributed by atoms with E-state index in [2.05, 4.69) is 50.2 Å². The van der Waals surface area contributed by atoms with E-state index < -0.39 is 7.82 Å². The summed E-state index contributed by atoms with van der Waals surface area (Å²) in [5, 5.41) is 0.941. The van der Waals surface area contributed by atoms with Crippen LogP contribution in [-0.2, 0) is 31.3 Å². The van der Waals surface area contributed by atoms with E-state index in [-0.39, 0.29) is 31.3 Å². The molecule has 3 N–H and O–H groups in total. The maximum Gasteiger partial charge on any atom is 0.472 e. The molecule has 3 aromatic rings. The number of aromatic nitrogens is 3. The number of unbranched alkanes of at least 4 members (excludes halogenated alkanes) is 1. The summed E-state index contributed by atoms with van der Waals surface area (Å²) in [5.74, 6) is 5.40. The molecule has 2 heterocycles. The van der Waals surface area contributed by atoms with E-state index in [1.165, 1.54) is 57.8 Å². The highest BCUT2D eigenvalue weighted by molar-refractivity contribution is 7.47. The molecule has 0 bridgehead atoms. The summed E-state index contributed by atoms with van der Waals surface area (Å²) in [6, 6.07) is 7.84. The second-order valence-electron chi connectivity index (χ2n) is 18.0. The van der Waals surface area contributed by atoms with E-state index in [9.17, 15) is 9.46 Å². The fourth-order valence-corrected chi connectivity index (χ4v) is 12.5. The van der Waals surface area contributed by atoms with Gasteiger partial charge in [0, 0.05) is 18.4 Å². The van der Waals surface area contributed by atoms with Gasteiger partial charge in [-0.15, -0.1) is 0 Å². The first-order chi connectivity index (χ1) is 26.0. The lowest BCUT2D eigenvalue weighted by Crippen LogP contribution is -2.51. The van der Waals surface area contributed by atoms with E-state index in [4.69, 9.17) is 24.5 Å². The average Bonchev–Trinajstić information content (AvgIpc) is 3.76. The molecule has 9 nitrogen and oxygen atoms in total. The zero-order valence-corrected chi connectivity index (χ0v) is 34.6. The lowest BCUT2D eigenvalue weighted by atomic mass is 9.46. The van der Waals surface area contributed by atoms with Gasteiger partial charge in [-0.1, -0.05) is 96.6 Å². The van der Waals surface area contributed by atoms with Gasteiger partial charge in [-0.2, -0.15) is 0 Å². The predicted octanol–water partition coefficient (Wildman–Crippen LogP) is 10.8. The van der Waals surface area contributed by atoms with Crippen molar-refractivity contribution in [2.45, 2.75) is 144 Å². The Bertz CT molecular complexity index is 1840. The quantitative estimate of drug-likeness (QED) is 0.0792. The smallest absolute Gasteiger partial charge is 0.382 e. The summed E-state index contributed by atoms with van der Waals surface area (Å²) in [7, 11) is -4.28. The largest absolute Gasteiger partial charge is 0.472 e. The number of nitrogens with two attached hydrogens (primary N) is 1. The number of anilines is 1. The van der Waals surface area contributed by atoms with E-state index in [0.717, 1.165) is 90.4 Å². The first-order valence-corrected chi connectivity index (χ1v) is 22.9. The molecular weight excluding hydrogens is 695 g/mol. The molecule has 0 radical (unpaired) electrons. The van der Waals surface area contributed by atoms with Crippen molar-refractivity contribution < 1.29 is 23.2 Å². The normalized spacial score (nSPS) is 29.9. The Labute approximate surface area is 323 Å². The molecule has 0 saturated heterocycles. The Morgan fingerprint density at radius 2 is 1.81 bits per heavy atom. The monoisotopic (exact) mass is 762 g/mol. The average molecular weight is 763 g/mol. The van der Waals surface area contributed by atoms with Crippen LogP contribution in [0.3, 0.4) is 0 Å². The molecule has 0 aliphatic heterocycles. The topological polar surface area (TPSA) is 122 Å². The Balaban J connectivity index is 0.906. The van der Waals surface area contributed by atoms with Crippen molar-refractivity contribution in [2.75, 3.05) is 25.6 Å². The molecule has 10 heteroatoms. The highest BCUT2D eigenvalue weighted by Crippen LogP contribution is 2.67. The Morgan fingerprint density at radius 3 is 2.63 bits per heavy atom. The lowest BCUT2D eigenvalue weighted by Gasteiger charge is -2.59. The number of pyridine rings is 1. The minimum absolute atomic E-state index is 0.00695. The number of para-hydroxylation sites is 1. The molecule has 4 aliphatic rings. The minimum Gasteiger partial charge on any atom is -0.382 e. The van der Waals surface area contributed by atoms with E-state index in [0.29, 0.717) is 23.3 Å². The molecule has 8 atom stereocenters. The van der Waals surface area contributed by atoms with Gasteiger partial charge >= 0.3 is 7.82 Å². The zero-order valence-electron chi connectivity index (χ0n) is 33.7. The molecule has 1 aromatic carbocycles. The maximum absolute atomic E-state index is 13.0. The van der Waals surface area contributed by atoms with Gasteiger partial charge in [-0.25, -0.2) is 14.5 Å². The summed E-state index contributed by atoms with van der Waals surface area (Å²) in [6.07, 6.45) is 21.1. The van der Waals surface area contributed by atoms with Crippen molar-refractivity contribution >= 4 is 35.6 Å². The van der Waals surface area contributed by atoms with Crippen LogP contribution in [0.4, 0.5) is 5.82 Å². The molecule has 0 amide bonds. The fourth-order valence-electron chi connectivity index (χ4n) is 11.8. The molecule has 4 aliphatic carbocycles. The maximum atomic E-state index is 13.0. The van der Waals surface area contributed by atoms with Crippen LogP contribution >= 0.6 is 7.82 Å². The molecular formula is C44H67N4O5P. The Kier molecular flexibility index (Phi) is 12.3. The highest BCUT2D eigenvalue weighted by Gasteiger charge is 2.58. The standard InChI is InChI=1S/C44H67N4O5P/c1-6-7-17-39-47-40-41(35-14-8-9-16-38(35)46-42(40)45)48(39)25-26-52-54(49,50)53-28-27-51-33-20-23-43(5)32(29-33)18-19-34-36(43)21-24-44(22-11-15-37(34)44)31(4)13-10-12-30(2)3/h8-9,14,16,18,30-31,33-34,36-37H,6-7,10-13,15,17,19-29H2,1-5H3,(H2,45,46)(H,49,50)/t31-,33+,34-,36+,37+,43+,44?/m1/s1. The molecule has 298 valence electrons. The van der Waals surface area contributed by atoms with Gasteiger partial charge in [0.15, 0.2) is 5.82 Å². The van der Waals surface area contributed by atoms with Gasteiger partial charge in [0.05, 0.1) is 37.0 Å². The van der Waals surface area contributed by atoms with Crippen molar-refractivity contribution in [3.05, 3.63) is 41.7 Å². The van der Waals surface area contributed by atoms with Crippen LogP contribution in [0.25, 0.3) is 21.9 Å². The SMILES string of the molecule is CCCCc1nc2c(N)nc3ccccc3c2n1CCOP(=O)(O)OCCO[C@H]1CC[C@@]2(C)C(=CC[C@H]3[C@@H]4CCCC4([C@H](C)CCCC(C)C)CC[C@@H]32)C1.